The molecule has 0 fully saturated rings. The molecule has 0 bridgehead atoms. The Bertz CT molecular complexity index is 322. The second-order valence-electron chi connectivity index (χ2n) is 8.83. The summed E-state index contributed by atoms with van der Waals surface area (Å²) in [6, 6.07) is 0. The molecule has 0 aromatic rings. The van der Waals surface area contributed by atoms with Gasteiger partial charge in [-0.3, -0.25) is 9.59 Å². The third-order valence-electron chi connectivity index (χ3n) is 2.90. The summed E-state index contributed by atoms with van der Waals surface area (Å²) >= 11 is 0. The van der Waals surface area contributed by atoms with E-state index in [1.165, 1.54) is 0 Å². The van der Waals surface area contributed by atoms with Gasteiger partial charge in [0.1, 0.15) is 11.6 Å². The maximum atomic E-state index is 11.5. The van der Waals surface area contributed by atoms with Gasteiger partial charge in [0.2, 0.25) is 0 Å². The van der Waals surface area contributed by atoms with Crippen molar-refractivity contribution in [1.82, 2.24) is 0 Å². The Morgan fingerprint density at radius 1 is 0.762 bits per heavy atom. The number of hydrogen-bond acceptors (Lipinski definition) is 3. The lowest BCUT2D eigenvalue weighted by Crippen LogP contribution is -2.25. The fraction of sp³-hybridized carbons (Fsp3) is 0.889. The molecule has 0 aliphatic rings. The first-order valence-corrected chi connectivity index (χ1v) is 7.67. The Morgan fingerprint density at radius 2 is 1.14 bits per heavy atom. The molecule has 0 N–H and O–H groups in total. The molecule has 21 heavy (non-hydrogen) atoms. The minimum absolute atomic E-state index is 0.129. The summed E-state index contributed by atoms with van der Waals surface area (Å²) < 4.78 is 4.79. The van der Waals surface area contributed by atoms with Gasteiger partial charge in [0.25, 0.3) is 0 Å². The van der Waals surface area contributed by atoms with Crippen LogP contribution >= 0.6 is 0 Å². The van der Waals surface area contributed by atoms with E-state index in [9.17, 15) is 9.59 Å². The standard InChI is InChI=1S/C10H20O.C8H16O2/c1-9(2,3)7-8(11)10(4,5)6;1-8(2,3)7(9)5-6-10-4/h7H2,1-6H3;5-6H2,1-4H3. The van der Waals surface area contributed by atoms with Crippen molar-refractivity contribution >= 4 is 11.6 Å². The van der Waals surface area contributed by atoms with Gasteiger partial charge in [0.15, 0.2) is 0 Å². The molecule has 0 unspecified atom stereocenters. The summed E-state index contributed by atoms with van der Waals surface area (Å²) in [7, 11) is 1.61. The first kappa shape index (κ1) is 22.6. The minimum atomic E-state index is -0.210. The SMILES string of the molecule is CC(C)(C)CC(=O)C(C)(C)C.COCCC(=O)C(C)(C)C. The summed E-state index contributed by atoms with van der Waals surface area (Å²) in [5, 5.41) is 0. The van der Waals surface area contributed by atoms with Crippen LogP contribution in [-0.2, 0) is 14.3 Å². The topological polar surface area (TPSA) is 43.4 Å². The zero-order valence-electron chi connectivity index (χ0n) is 15.8. The van der Waals surface area contributed by atoms with E-state index in [0.29, 0.717) is 25.2 Å². The quantitative estimate of drug-likeness (QED) is 0.757. The van der Waals surface area contributed by atoms with Gasteiger partial charge in [-0.2, -0.15) is 0 Å². The molecular weight excluding hydrogens is 264 g/mol. The Kier molecular flexibility index (Phi) is 9.32. The summed E-state index contributed by atoms with van der Waals surface area (Å²) in [5.41, 5.74) is -0.254. The van der Waals surface area contributed by atoms with Gasteiger partial charge in [0.05, 0.1) is 6.61 Å². The van der Waals surface area contributed by atoms with Crippen molar-refractivity contribution in [3.8, 4) is 0 Å². The summed E-state index contributed by atoms with van der Waals surface area (Å²) in [5.74, 6) is 0.611. The second-order valence-corrected chi connectivity index (χ2v) is 8.83. The van der Waals surface area contributed by atoms with E-state index in [1.807, 2.05) is 41.5 Å². The summed E-state index contributed by atoms with van der Waals surface area (Å²) in [6.07, 6.45) is 1.20. The van der Waals surface area contributed by atoms with Crippen LogP contribution in [0.4, 0.5) is 0 Å². The van der Waals surface area contributed by atoms with E-state index in [-0.39, 0.29) is 22.0 Å². The van der Waals surface area contributed by atoms with Crippen LogP contribution in [0.15, 0.2) is 0 Å². The molecule has 126 valence electrons. The van der Waals surface area contributed by atoms with Crippen molar-refractivity contribution in [3.63, 3.8) is 0 Å². The molecule has 0 rings (SSSR count). The monoisotopic (exact) mass is 300 g/mol. The van der Waals surface area contributed by atoms with E-state index < -0.39 is 0 Å². The Morgan fingerprint density at radius 3 is 1.33 bits per heavy atom. The van der Waals surface area contributed by atoms with Crippen molar-refractivity contribution in [2.45, 2.75) is 75.2 Å². The predicted molar refractivity (Wildman–Crippen MR) is 89.5 cm³/mol. The van der Waals surface area contributed by atoms with Crippen molar-refractivity contribution in [3.05, 3.63) is 0 Å². The van der Waals surface area contributed by atoms with Gasteiger partial charge in [-0.15, -0.1) is 0 Å². The lowest BCUT2D eigenvalue weighted by atomic mass is 9.80. The van der Waals surface area contributed by atoms with Gasteiger partial charge in [-0.1, -0.05) is 62.3 Å². The van der Waals surface area contributed by atoms with Crippen LogP contribution in [0, 0.1) is 16.2 Å². The van der Waals surface area contributed by atoms with Crippen LogP contribution in [0.5, 0.6) is 0 Å². The Labute approximate surface area is 131 Å². The number of hydrogen-bond donors (Lipinski definition) is 0. The van der Waals surface area contributed by atoms with Gasteiger partial charge in [-0.05, 0) is 5.41 Å². The van der Waals surface area contributed by atoms with Gasteiger partial charge in [0, 0.05) is 30.8 Å². The second kappa shape index (κ2) is 8.67. The van der Waals surface area contributed by atoms with Crippen LogP contribution in [0.2, 0.25) is 0 Å². The Balaban J connectivity index is 0. The molecule has 0 aromatic carbocycles. The number of rotatable bonds is 4. The summed E-state index contributed by atoms with van der Waals surface area (Å²) in [6.45, 7) is 18.5. The van der Waals surface area contributed by atoms with Crippen molar-refractivity contribution in [2.24, 2.45) is 16.2 Å². The maximum absolute atomic E-state index is 11.5. The highest BCUT2D eigenvalue weighted by Gasteiger charge is 2.25. The molecule has 0 amide bonds. The highest BCUT2D eigenvalue weighted by atomic mass is 16.5. The van der Waals surface area contributed by atoms with E-state index in [2.05, 4.69) is 20.8 Å². The van der Waals surface area contributed by atoms with E-state index in [1.54, 1.807) is 7.11 Å². The zero-order valence-corrected chi connectivity index (χ0v) is 15.8. The molecule has 0 radical (unpaired) electrons. The molecule has 0 saturated carbocycles. The van der Waals surface area contributed by atoms with E-state index in [0.717, 1.165) is 0 Å². The number of carbonyl (C=O) groups is 2. The van der Waals surface area contributed by atoms with E-state index >= 15 is 0 Å². The molecule has 3 nitrogen and oxygen atoms in total. The van der Waals surface area contributed by atoms with Crippen LogP contribution in [0.25, 0.3) is 0 Å². The van der Waals surface area contributed by atoms with Gasteiger partial charge >= 0.3 is 0 Å². The van der Waals surface area contributed by atoms with Gasteiger partial charge in [-0.25, -0.2) is 0 Å². The predicted octanol–water partition coefficient (Wildman–Crippen LogP) is 4.68. The molecule has 0 atom stereocenters. The number of ketones is 2. The third-order valence-corrected chi connectivity index (χ3v) is 2.90. The number of ether oxygens (including phenoxy) is 1. The van der Waals surface area contributed by atoms with Crippen molar-refractivity contribution < 1.29 is 14.3 Å². The lowest BCUT2D eigenvalue weighted by Gasteiger charge is -2.23. The van der Waals surface area contributed by atoms with Crippen LogP contribution < -0.4 is 0 Å². The number of Topliss-reactive ketones (excluding diaryl/α,β-unsaturated/α-hetero) is 2. The molecular formula is C18H36O3. The zero-order chi connectivity index (χ0) is 17.5. The lowest BCUT2D eigenvalue weighted by molar-refractivity contribution is -0.128. The molecule has 3 heteroatoms. The highest BCUT2D eigenvalue weighted by Crippen LogP contribution is 2.26. The molecule has 0 aliphatic carbocycles. The molecule has 0 saturated heterocycles. The molecule has 0 aromatic heterocycles. The molecule has 0 spiro atoms. The minimum Gasteiger partial charge on any atom is -0.384 e. The molecule has 0 heterocycles. The van der Waals surface area contributed by atoms with E-state index in [4.69, 9.17) is 4.74 Å². The first-order chi connectivity index (χ1) is 9.11. The average molecular weight is 300 g/mol. The van der Waals surface area contributed by atoms with Crippen LogP contribution in [0.1, 0.15) is 75.2 Å². The maximum Gasteiger partial charge on any atom is 0.140 e. The van der Waals surface area contributed by atoms with Crippen LogP contribution in [-0.4, -0.2) is 25.3 Å². The first-order valence-electron chi connectivity index (χ1n) is 7.67. The van der Waals surface area contributed by atoms with Crippen molar-refractivity contribution in [2.75, 3.05) is 13.7 Å². The van der Waals surface area contributed by atoms with Gasteiger partial charge < -0.3 is 4.74 Å². The number of methoxy groups -OCH3 is 1. The normalized spacial score (nSPS) is 12.5. The van der Waals surface area contributed by atoms with Crippen LogP contribution in [0.3, 0.4) is 0 Å². The summed E-state index contributed by atoms with van der Waals surface area (Å²) in [4.78, 5) is 22.6. The third kappa shape index (κ3) is 14.0. The number of carbonyl (C=O) groups excluding carboxylic acids is 2. The largest absolute Gasteiger partial charge is 0.384 e. The average Bonchev–Trinajstić information content (AvgIpc) is 2.21. The highest BCUT2D eigenvalue weighted by molar-refractivity contribution is 5.84. The fourth-order valence-corrected chi connectivity index (χ4v) is 1.32. The van der Waals surface area contributed by atoms with Crippen molar-refractivity contribution in [1.29, 1.82) is 0 Å². The Hall–Kier alpha value is -0.700. The smallest absolute Gasteiger partial charge is 0.140 e. The molecule has 0 aliphatic heterocycles. The fourth-order valence-electron chi connectivity index (χ4n) is 1.32.